The van der Waals surface area contributed by atoms with Crippen LogP contribution in [0.25, 0.3) is 0 Å². The van der Waals surface area contributed by atoms with Crippen molar-refractivity contribution in [3.05, 3.63) is 0 Å². The summed E-state index contributed by atoms with van der Waals surface area (Å²) in [7, 11) is 1.45. The summed E-state index contributed by atoms with van der Waals surface area (Å²) in [4.78, 5) is 0. The Labute approximate surface area is 103 Å². The van der Waals surface area contributed by atoms with E-state index in [-0.39, 0.29) is 44.7 Å². The monoisotopic (exact) mass is 265 g/mol. The summed E-state index contributed by atoms with van der Waals surface area (Å²) in [6, 6.07) is 0. The van der Waals surface area contributed by atoms with Crippen LogP contribution in [-0.4, -0.2) is 41.9 Å². The minimum Gasteiger partial charge on any atom is -0.390 e. The van der Waals surface area contributed by atoms with E-state index in [1.807, 2.05) is 13.8 Å². The zero-order chi connectivity index (χ0) is 9.30. The Bertz CT molecular complexity index is 155. The first-order valence-corrected chi connectivity index (χ1v) is 4.12. The summed E-state index contributed by atoms with van der Waals surface area (Å²) in [5.41, 5.74) is 0. The van der Waals surface area contributed by atoms with Gasteiger partial charge < -0.3 is 19.7 Å². The first kappa shape index (κ1) is 13.9. The molecule has 2 N–H and O–H groups in total. The molecule has 1 fully saturated rings. The number of hydrogen-bond acceptors (Lipinski definition) is 4. The first-order chi connectivity index (χ1) is 5.57. The molecule has 1 saturated heterocycles. The molecule has 0 amide bonds. The van der Waals surface area contributed by atoms with Crippen molar-refractivity contribution in [2.75, 3.05) is 7.11 Å². The van der Waals surface area contributed by atoms with Gasteiger partial charge in [-0.25, -0.2) is 0 Å². The zero-order valence-electron chi connectivity index (χ0n) is 8.18. The molecule has 1 aliphatic rings. The van der Waals surface area contributed by atoms with Crippen LogP contribution in [-0.2, 0) is 42.2 Å². The van der Waals surface area contributed by atoms with Crippen molar-refractivity contribution in [3.8, 4) is 0 Å². The smallest absolute Gasteiger partial charge is 0.183 e. The van der Waals surface area contributed by atoms with Crippen LogP contribution >= 0.6 is 0 Å². The summed E-state index contributed by atoms with van der Waals surface area (Å²) in [6.45, 7) is 3.69. The molecule has 75 valence electrons. The molecular formula is C8H16O4Y. The Morgan fingerprint density at radius 2 is 1.77 bits per heavy atom. The van der Waals surface area contributed by atoms with Gasteiger partial charge in [0.1, 0.15) is 6.10 Å². The minimum absolute atomic E-state index is 0. The van der Waals surface area contributed by atoms with Gasteiger partial charge in [-0.05, 0) is 6.92 Å². The first-order valence-electron chi connectivity index (χ1n) is 4.12. The second kappa shape index (κ2) is 5.73. The molecule has 0 aromatic rings. The fourth-order valence-corrected chi connectivity index (χ4v) is 1.42. The number of rotatable bonds is 1. The fraction of sp³-hybridized carbons (Fsp3) is 1.00. The van der Waals surface area contributed by atoms with E-state index < -0.39 is 18.5 Å². The molecule has 0 aromatic heterocycles. The molecule has 4 nitrogen and oxygen atoms in total. The van der Waals surface area contributed by atoms with Gasteiger partial charge in [-0.3, -0.25) is 0 Å². The van der Waals surface area contributed by atoms with Crippen molar-refractivity contribution in [2.24, 2.45) is 5.92 Å². The maximum absolute atomic E-state index is 9.61. The Balaban J connectivity index is 0.00000144. The third-order valence-electron chi connectivity index (χ3n) is 2.52. The van der Waals surface area contributed by atoms with Gasteiger partial charge >= 0.3 is 0 Å². The fourth-order valence-electron chi connectivity index (χ4n) is 1.42. The van der Waals surface area contributed by atoms with E-state index in [0.717, 1.165) is 0 Å². The predicted octanol–water partition coefficient (Wildman–Crippen LogP) is -0.267. The van der Waals surface area contributed by atoms with Gasteiger partial charge in [-0.15, -0.1) is 0 Å². The molecule has 0 saturated carbocycles. The Kier molecular flexibility index (Phi) is 6.15. The maximum Gasteiger partial charge on any atom is 0.183 e. The Morgan fingerprint density at radius 3 is 2.23 bits per heavy atom. The summed E-state index contributed by atoms with van der Waals surface area (Å²) in [5, 5.41) is 18.9. The van der Waals surface area contributed by atoms with Crippen LogP contribution in [0.4, 0.5) is 0 Å². The molecule has 5 atom stereocenters. The summed E-state index contributed by atoms with van der Waals surface area (Å²) < 4.78 is 10.1. The summed E-state index contributed by atoms with van der Waals surface area (Å²) >= 11 is 0. The van der Waals surface area contributed by atoms with Gasteiger partial charge in [0.05, 0.1) is 12.2 Å². The predicted molar refractivity (Wildman–Crippen MR) is 42.5 cm³/mol. The van der Waals surface area contributed by atoms with Gasteiger partial charge in [0.15, 0.2) is 6.29 Å². The topological polar surface area (TPSA) is 58.9 Å². The third-order valence-corrected chi connectivity index (χ3v) is 2.52. The number of methoxy groups -OCH3 is 1. The third kappa shape index (κ3) is 2.94. The van der Waals surface area contributed by atoms with Crippen LogP contribution < -0.4 is 0 Å². The van der Waals surface area contributed by atoms with Crippen LogP contribution in [0.1, 0.15) is 13.8 Å². The Hall–Kier alpha value is 0.944. The summed E-state index contributed by atoms with van der Waals surface area (Å²) in [6.07, 6.45) is -2.44. The van der Waals surface area contributed by atoms with Crippen LogP contribution in [0.2, 0.25) is 0 Å². The van der Waals surface area contributed by atoms with Crippen LogP contribution in [0.3, 0.4) is 0 Å². The molecular weight excluding hydrogens is 249 g/mol. The molecule has 1 heterocycles. The van der Waals surface area contributed by atoms with E-state index in [0.29, 0.717) is 0 Å². The molecule has 13 heavy (non-hydrogen) atoms. The van der Waals surface area contributed by atoms with Crippen LogP contribution in [0, 0.1) is 5.92 Å². The largest absolute Gasteiger partial charge is 0.390 e. The number of aliphatic hydroxyl groups excluding tert-OH is 2. The average Bonchev–Trinajstić information content (AvgIpc) is 2.01. The van der Waals surface area contributed by atoms with Crippen molar-refractivity contribution < 1.29 is 52.4 Å². The molecule has 1 radical (unpaired) electrons. The molecule has 0 aromatic carbocycles. The zero-order valence-corrected chi connectivity index (χ0v) is 11.0. The van der Waals surface area contributed by atoms with Crippen molar-refractivity contribution >= 4 is 0 Å². The van der Waals surface area contributed by atoms with Gasteiger partial charge in [-0.2, -0.15) is 0 Å². The summed E-state index contributed by atoms with van der Waals surface area (Å²) in [5.74, 6) is -0.0154. The SMILES string of the molecule is COC1C(O)OC(C)C(C)C1O.[Y]. The molecule has 0 spiro atoms. The van der Waals surface area contributed by atoms with E-state index in [1.54, 1.807) is 0 Å². The second-order valence-electron chi connectivity index (χ2n) is 3.28. The van der Waals surface area contributed by atoms with Gasteiger partial charge in [0, 0.05) is 45.7 Å². The number of ether oxygens (including phenoxy) is 2. The van der Waals surface area contributed by atoms with Crippen molar-refractivity contribution in [2.45, 2.75) is 38.4 Å². The molecule has 1 aliphatic heterocycles. The van der Waals surface area contributed by atoms with Crippen LogP contribution in [0.15, 0.2) is 0 Å². The minimum atomic E-state index is -1.02. The molecule has 1 rings (SSSR count). The molecule has 5 heteroatoms. The second-order valence-corrected chi connectivity index (χ2v) is 3.28. The number of hydrogen-bond donors (Lipinski definition) is 2. The Morgan fingerprint density at radius 1 is 1.23 bits per heavy atom. The average molecular weight is 265 g/mol. The molecule has 0 aliphatic carbocycles. The maximum atomic E-state index is 9.61. The van der Waals surface area contributed by atoms with Gasteiger partial charge in [-0.1, -0.05) is 6.92 Å². The standard InChI is InChI=1S/C8H16O4.Y/c1-4-5(2)12-8(10)7(11-3)6(4)9;/h4-10H,1-3H3;. The quantitative estimate of drug-likeness (QED) is 0.685. The van der Waals surface area contributed by atoms with E-state index in [1.165, 1.54) is 7.11 Å². The van der Waals surface area contributed by atoms with E-state index in [4.69, 9.17) is 9.47 Å². The van der Waals surface area contributed by atoms with Gasteiger partial charge in [0.2, 0.25) is 0 Å². The molecule has 0 bridgehead atoms. The van der Waals surface area contributed by atoms with E-state index >= 15 is 0 Å². The van der Waals surface area contributed by atoms with Gasteiger partial charge in [0.25, 0.3) is 0 Å². The van der Waals surface area contributed by atoms with Crippen molar-refractivity contribution in [3.63, 3.8) is 0 Å². The van der Waals surface area contributed by atoms with Crippen LogP contribution in [0.5, 0.6) is 0 Å². The normalized spacial score (nSPS) is 45.5. The molecule has 5 unspecified atom stereocenters. The van der Waals surface area contributed by atoms with Crippen molar-refractivity contribution in [1.82, 2.24) is 0 Å². The van der Waals surface area contributed by atoms with E-state index in [2.05, 4.69) is 0 Å². The van der Waals surface area contributed by atoms with E-state index in [9.17, 15) is 10.2 Å². The number of aliphatic hydroxyl groups is 2. The van der Waals surface area contributed by atoms with Crippen molar-refractivity contribution in [1.29, 1.82) is 0 Å².